The van der Waals surface area contributed by atoms with Gasteiger partial charge >= 0.3 is 0 Å². The molecule has 2 aromatic rings. The molecule has 0 spiro atoms. The van der Waals surface area contributed by atoms with Crippen molar-refractivity contribution in [2.24, 2.45) is 5.41 Å². The van der Waals surface area contributed by atoms with Gasteiger partial charge < -0.3 is 10.6 Å². The molecule has 2 N–H and O–H groups in total. The third kappa shape index (κ3) is 5.32. The van der Waals surface area contributed by atoms with Crippen molar-refractivity contribution in [2.75, 3.05) is 11.1 Å². The summed E-state index contributed by atoms with van der Waals surface area (Å²) in [5.41, 5.74) is 5.50. The van der Waals surface area contributed by atoms with Crippen molar-refractivity contribution in [1.82, 2.24) is 5.32 Å². The molecular formula is C28H28ClN3O2S. The van der Waals surface area contributed by atoms with E-state index in [9.17, 15) is 14.9 Å². The number of rotatable bonds is 5. The number of anilines is 1. The molecule has 0 saturated carbocycles. The Morgan fingerprint density at radius 3 is 2.60 bits per heavy atom. The molecule has 0 fully saturated rings. The number of amides is 1. The number of dihydropyridines is 1. The highest BCUT2D eigenvalue weighted by Crippen LogP contribution is 2.47. The first-order valence-electron chi connectivity index (χ1n) is 11.5. The van der Waals surface area contributed by atoms with E-state index in [0.29, 0.717) is 34.0 Å². The zero-order chi connectivity index (χ0) is 25.3. The van der Waals surface area contributed by atoms with E-state index in [4.69, 9.17) is 11.6 Å². The number of aryl methyl sites for hydroxylation is 1. The molecule has 0 aromatic heterocycles. The number of allylic oxidation sites excluding steroid dienone is 3. The Balaban J connectivity index is 1.65. The molecule has 0 bridgehead atoms. The molecule has 1 aliphatic carbocycles. The van der Waals surface area contributed by atoms with Gasteiger partial charge in [-0.1, -0.05) is 61.5 Å². The lowest BCUT2D eigenvalue weighted by molar-refractivity contribution is -0.118. The first-order valence-corrected chi connectivity index (χ1v) is 12.9. The summed E-state index contributed by atoms with van der Waals surface area (Å²) in [6.07, 6.45) is 1.12. The summed E-state index contributed by atoms with van der Waals surface area (Å²) in [5.74, 6) is -0.457. The van der Waals surface area contributed by atoms with Crippen molar-refractivity contribution < 1.29 is 9.59 Å². The van der Waals surface area contributed by atoms with Gasteiger partial charge in [-0.2, -0.15) is 5.26 Å². The van der Waals surface area contributed by atoms with Gasteiger partial charge in [0.25, 0.3) is 0 Å². The van der Waals surface area contributed by atoms with Crippen LogP contribution in [0.1, 0.15) is 49.3 Å². The van der Waals surface area contributed by atoms with Crippen LogP contribution in [-0.2, 0) is 9.59 Å². The fourth-order valence-electron chi connectivity index (χ4n) is 4.69. The van der Waals surface area contributed by atoms with Crippen LogP contribution in [0.2, 0.25) is 5.02 Å². The molecule has 2 aromatic carbocycles. The summed E-state index contributed by atoms with van der Waals surface area (Å²) in [6, 6.07) is 15.4. The molecule has 1 amide bonds. The lowest BCUT2D eigenvalue weighted by atomic mass is 9.69. The number of nitrogens with zero attached hydrogens (tertiary/aromatic N) is 1. The molecule has 0 saturated heterocycles. The molecule has 35 heavy (non-hydrogen) atoms. The van der Waals surface area contributed by atoms with Crippen LogP contribution in [0.3, 0.4) is 0 Å². The normalized spacial score (nSPS) is 19.1. The highest BCUT2D eigenvalue weighted by molar-refractivity contribution is 8.03. The summed E-state index contributed by atoms with van der Waals surface area (Å²) < 4.78 is 0. The molecule has 1 atom stereocenters. The zero-order valence-electron chi connectivity index (χ0n) is 20.3. The first-order chi connectivity index (χ1) is 16.6. The summed E-state index contributed by atoms with van der Waals surface area (Å²) in [4.78, 5) is 26.1. The highest BCUT2D eigenvalue weighted by Gasteiger charge is 2.41. The van der Waals surface area contributed by atoms with Crippen LogP contribution < -0.4 is 10.6 Å². The number of Topliss-reactive ketones (excluding diaryl/α,β-unsaturated/α-hetero) is 1. The number of nitrogens with one attached hydrogen (secondary N) is 2. The van der Waals surface area contributed by atoms with Crippen LogP contribution in [0.15, 0.2) is 64.3 Å². The van der Waals surface area contributed by atoms with Crippen LogP contribution in [0.5, 0.6) is 0 Å². The minimum atomic E-state index is -0.485. The van der Waals surface area contributed by atoms with Crippen molar-refractivity contribution in [3.8, 4) is 6.07 Å². The van der Waals surface area contributed by atoms with Gasteiger partial charge in [-0.05, 0) is 60.6 Å². The third-order valence-corrected chi connectivity index (χ3v) is 7.83. The average molecular weight is 506 g/mol. The Bertz CT molecular complexity index is 1300. The second kappa shape index (κ2) is 9.93. The first kappa shape index (κ1) is 25.1. The minimum Gasteiger partial charge on any atom is -0.352 e. The Morgan fingerprint density at radius 1 is 1.20 bits per heavy atom. The Labute approximate surface area is 215 Å². The summed E-state index contributed by atoms with van der Waals surface area (Å²) >= 11 is 7.40. The highest BCUT2D eigenvalue weighted by atomic mass is 35.5. The molecule has 2 aliphatic rings. The number of benzene rings is 2. The van der Waals surface area contributed by atoms with E-state index in [-0.39, 0.29) is 22.9 Å². The van der Waals surface area contributed by atoms with Crippen molar-refractivity contribution in [2.45, 2.75) is 46.5 Å². The van der Waals surface area contributed by atoms with E-state index in [2.05, 4.69) is 30.6 Å². The lowest BCUT2D eigenvalue weighted by Gasteiger charge is -2.39. The van der Waals surface area contributed by atoms with Gasteiger partial charge in [0, 0.05) is 28.4 Å². The monoisotopic (exact) mass is 505 g/mol. The molecule has 5 nitrogen and oxygen atoms in total. The number of carbonyl (C=O) groups excluding carboxylic acids is 2. The summed E-state index contributed by atoms with van der Waals surface area (Å²) in [5, 5.41) is 17.7. The Morgan fingerprint density at radius 2 is 1.91 bits per heavy atom. The molecule has 4 rings (SSSR count). The third-order valence-electron chi connectivity index (χ3n) is 6.56. The van der Waals surface area contributed by atoms with Gasteiger partial charge in [0.2, 0.25) is 5.91 Å². The van der Waals surface area contributed by atoms with Gasteiger partial charge in [0.15, 0.2) is 5.78 Å². The van der Waals surface area contributed by atoms with Gasteiger partial charge in [0.1, 0.15) is 0 Å². The van der Waals surface area contributed by atoms with E-state index in [1.807, 2.05) is 44.2 Å². The zero-order valence-corrected chi connectivity index (χ0v) is 21.9. The molecule has 1 aliphatic heterocycles. The molecule has 1 heterocycles. The summed E-state index contributed by atoms with van der Waals surface area (Å²) in [7, 11) is 0. The van der Waals surface area contributed by atoms with Crippen LogP contribution in [-0.4, -0.2) is 17.4 Å². The number of thioether (sulfide) groups is 1. The van der Waals surface area contributed by atoms with Gasteiger partial charge in [-0.3, -0.25) is 9.59 Å². The molecule has 0 radical (unpaired) electrons. The topological polar surface area (TPSA) is 82.0 Å². The predicted octanol–water partition coefficient (Wildman–Crippen LogP) is 6.39. The van der Waals surface area contributed by atoms with Crippen molar-refractivity contribution in [3.05, 3.63) is 86.0 Å². The number of ketones is 1. The van der Waals surface area contributed by atoms with Crippen LogP contribution in [0, 0.1) is 30.6 Å². The predicted molar refractivity (Wildman–Crippen MR) is 142 cm³/mol. The van der Waals surface area contributed by atoms with Crippen LogP contribution in [0.4, 0.5) is 5.69 Å². The van der Waals surface area contributed by atoms with Gasteiger partial charge in [0.05, 0.1) is 28.3 Å². The van der Waals surface area contributed by atoms with E-state index in [0.717, 1.165) is 28.1 Å². The van der Waals surface area contributed by atoms with Crippen molar-refractivity contribution in [1.29, 1.82) is 5.26 Å². The fraction of sp³-hybridized carbons (Fsp3) is 0.321. The van der Waals surface area contributed by atoms with E-state index >= 15 is 0 Å². The number of hydrogen-bond donors (Lipinski definition) is 2. The van der Waals surface area contributed by atoms with Crippen molar-refractivity contribution in [3.63, 3.8) is 0 Å². The lowest BCUT2D eigenvalue weighted by Crippen LogP contribution is -2.37. The Kier molecular flexibility index (Phi) is 7.12. The van der Waals surface area contributed by atoms with E-state index < -0.39 is 5.92 Å². The van der Waals surface area contributed by atoms with Gasteiger partial charge in [-0.25, -0.2) is 0 Å². The standard InChI is InChI=1S/C28H28ClN3O2S/c1-16-6-5-7-21(17(16)2)31-24(34)15-35-27-20(14-30)25(18-8-10-19(29)11-9-18)26-22(32-27)12-28(3,4)13-23(26)33/h5-11,25,32H,12-13,15H2,1-4H3,(H,31,34). The quantitative estimate of drug-likeness (QED) is 0.491. The molecule has 1 unspecified atom stereocenters. The minimum absolute atomic E-state index is 0.0492. The second-order valence-electron chi connectivity index (χ2n) is 9.88. The Hall–Kier alpha value is -3.01. The van der Waals surface area contributed by atoms with Crippen LogP contribution >= 0.6 is 23.4 Å². The number of halogens is 1. The SMILES string of the molecule is Cc1cccc(NC(=O)CSC2=C(C#N)C(c3ccc(Cl)cc3)C3=C(CC(C)(C)CC3=O)N2)c1C. The summed E-state index contributed by atoms with van der Waals surface area (Å²) in [6.45, 7) is 8.12. The molecular weight excluding hydrogens is 478 g/mol. The van der Waals surface area contributed by atoms with E-state index in [1.165, 1.54) is 11.8 Å². The number of nitriles is 1. The molecule has 180 valence electrons. The van der Waals surface area contributed by atoms with E-state index in [1.54, 1.807) is 12.1 Å². The number of hydrogen-bond acceptors (Lipinski definition) is 5. The second-order valence-corrected chi connectivity index (χ2v) is 11.3. The van der Waals surface area contributed by atoms with Crippen LogP contribution in [0.25, 0.3) is 0 Å². The maximum atomic E-state index is 13.3. The maximum Gasteiger partial charge on any atom is 0.234 e. The maximum absolute atomic E-state index is 13.3. The van der Waals surface area contributed by atoms with Crippen molar-refractivity contribution >= 4 is 40.7 Å². The fourth-order valence-corrected chi connectivity index (χ4v) is 5.68. The molecule has 7 heteroatoms. The van der Waals surface area contributed by atoms with Gasteiger partial charge in [-0.15, -0.1) is 0 Å². The average Bonchev–Trinajstić information content (AvgIpc) is 2.79. The largest absolute Gasteiger partial charge is 0.352 e. The smallest absolute Gasteiger partial charge is 0.234 e. The number of carbonyl (C=O) groups is 2.